The summed E-state index contributed by atoms with van der Waals surface area (Å²) in [6, 6.07) is 7.86. The van der Waals surface area contributed by atoms with Gasteiger partial charge in [0.05, 0.1) is 10.0 Å². The van der Waals surface area contributed by atoms with E-state index in [1.807, 2.05) is 18.2 Å². The van der Waals surface area contributed by atoms with E-state index in [0.29, 0.717) is 10.0 Å². The molecule has 0 amide bonds. The van der Waals surface area contributed by atoms with Crippen molar-refractivity contribution in [2.24, 2.45) is 5.73 Å². The summed E-state index contributed by atoms with van der Waals surface area (Å²) in [5.41, 5.74) is 8.65. The van der Waals surface area contributed by atoms with Crippen molar-refractivity contribution in [3.63, 3.8) is 0 Å². The number of halogens is 2. The number of nitrogens with two attached hydrogens (primary N) is 1. The fourth-order valence-electron chi connectivity index (χ4n) is 1.81. The molecule has 0 radical (unpaired) electrons. The fourth-order valence-corrected chi connectivity index (χ4v) is 3.17. The number of rotatable bonds is 3. The minimum atomic E-state index is 0.0136. The van der Waals surface area contributed by atoms with E-state index in [1.54, 1.807) is 11.3 Å². The summed E-state index contributed by atoms with van der Waals surface area (Å²) in [4.78, 5) is 2.55. The summed E-state index contributed by atoms with van der Waals surface area (Å²) in [6.45, 7) is 4.23. The van der Waals surface area contributed by atoms with Crippen molar-refractivity contribution in [2.75, 3.05) is 0 Å². The standard InChI is InChI=1S/C14H15Cl2NS/c1-8-5-14(18-9(8)2)13(17)7-10-3-4-11(15)12(16)6-10/h3-6,13H,7,17H2,1-2H3. The van der Waals surface area contributed by atoms with Crippen LogP contribution in [-0.4, -0.2) is 0 Å². The molecule has 0 saturated carbocycles. The highest BCUT2D eigenvalue weighted by Gasteiger charge is 2.12. The summed E-state index contributed by atoms with van der Waals surface area (Å²) >= 11 is 13.7. The van der Waals surface area contributed by atoms with E-state index in [1.165, 1.54) is 15.3 Å². The van der Waals surface area contributed by atoms with Crippen molar-refractivity contribution < 1.29 is 0 Å². The van der Waals surface area contributed by atoms with Crippen LogP contribution in [0.1, 0.15) is 26.9 Å². The molecule has 4 heteroatoms. The molecule has 2 aromatic rings. The first-order valence-corrected chi connectivity index (χ1v) is 7.31. The van der Waals surface area contributed by atoms with Crippen LogP contribution in [0.15, 0.2) is 24.3 Å². The zero-order valence-corrected chi connectivity index (χ0v) is 12.7. The Kier molecular flexibility index (Phi) is 4.33. The number of aryl methyl sites for hydroxylation is 2. The van der Waals surface area contributed by atoms with Gasteiger partial charge in [-0.05, 0) is 49.6 Å². The summed E-state index contributed by atoms with van der Waals surface area (Å²) < 4.78 is 0. The van der Waals surface area contributed by atoms with Crippen LogP contribution in [-0.2, 0) is 6.42 Å². The molecule has 0 bridgehead atoms. The lowest BCUT2D eigenvalue weighted by molar-refractivity contribution is 0.736. The first kappa shape index (κ1) is 13.9. The molecule has 0 aliphatic heterocycles. The van der Waals surface area contributed by atoms with E-state index in [4.69, 9.17) is 28.9 Å². The Balaban J connectivity index is 2.15. The van der Waals surface area contributed by atoms with E-state index in [9.17, 15) is 0 Å². The van der Waals surface area contributed by atoms with Crippen molar-refractivity contribution >= 4 is 34.5 Å². The average Bonchev–Trinajstić information content (AvgIpc) is 2.65. The topological polar surface area (TPSA) is 26.0 Å². The first-order valence-electron chi connectivity index (χ1n) is 5.74. The van der Waals surface area contributed by atoms with Crippen molar-refractivity contribution in [1.82, 2.24) is 0 Å². The molecular formula is C14H15Cl2NS. The van der Waals surface area contributed by atoms with E-state index in [0.717, 1.165) is 12.0 Å². The fraction of sp³-hybridized carbons (Fsp3) is 0.286. The molecule has 0 spiro atoms. The predicted octanol–water partition coefficient (Wildman–Crippen LogP) is 4.91. The van der Waals surface area contributed by atoms with Gasteiger partial charge in [-0.3, -0.25) is 0 Å². The molecule has 1 unspecified atom stereocenters. The van der Waals surface area contributed by atoms with Crippen LogP contribution in [0.5, 0.6) is 0 Å². The van der Waals surface area contributed by atoms with Gasteiger partial charge in [-0.25, -0.2) is 0 Å². The van der Waals surface area contributed by atoms with Gasteiger partial charge in [0.1, 0.15) is 0 Å². The molecule has 2 rings (SSSR count). The Morgan fingerprint density at radius 2 is 1.89 bits per heavy atom. The van der Waals surface area contributed by atoms with Gasteiger partial charge in [-0.1, -0.05) is 29.3 Å². The van der Waals surface area contributed by atoms with Crippen LogP contribution < -0.4 is 5.73 Å². The minimum absolute atomic E-state index is 0.0136. The normalized spacial score (nSPS) is 12.7. The molecule has 0 fully saturated rings. The lowest BCUT2D eigenvalue weighted by Crippen LogP contribution is -2.11. The van der Waals surface area contributed by atoms with E-state index >= 15 is 0 Å². The molecule has 1 aromatic heterocycles. The van der Waals surface area contributed by atoms with E-state index < -0.39 is 0 Å². The molecule has 1 aromatic carbocycles. The molecule has 1 heterocycles. The van der Waals surface area contributed by atoms with Gasteiger partial charge in [0, 0.05) is 15.8 Å². The zero-order chi connectivity index (χ0) is 13.3. The number of hydrogen-bond acceptors (Lipinski definition) is 2. The second-order valence-corrected chi connectivity index (χ2v) is 6.55. The Hall–Kier alpha value is -0.540. The molecule has 18 heavy (non-hydrogen) atoms. The van der Waals surface area contributed by atoms with Gasteiger partial charge in [0.2, 0.25) is 0 Å². The molecule has 1 nitrogen and oxygen atoms in total. The second kappa shape index (κ2) is 5.62. The van der Waals surface area contributed by atoms with Crippen LogP contribution in [0.2, 0.25) is 10.0 Å². The number of thiophene rings is 1. The van der Waals surface area contributed by atoms with Crippen LogP contribution in [0.25, 0.3) is 0 Å². The molecular weight excluding hydrogens is 285 g/mol. The second-order valence-electron chi connectivity index (χ2n) is 4.45. The lowest BCUT2D eigenvalue weighted by atomic mass is 10.1. The highest BCUT2D eigenvalue weighted by atomic mass is 35.5. The summed E-state index contributed by atoms with van der Waals surface area (Å²) in [7, 11) is 0. The van der Waals surface area contributed by atoms with Gasteiger partial charge >= 0.3 is 0 Å². The third-order valence-corrected chi connectivity index (χ3v) is 5.01. The summed E-state index contributed by atoms with van der Waals surface area (Å²) in [5.74, 6) is 0. The molecule has 0 aliphatic rings. The van der Waals surface area contributed by atoms with Crippen LogP contribution in [0, 0.1) is 13.8 Å². The third kappa shape index (κ3) is 3.07. The highest BCUT2D eigenvalue weighted by Crippen LogP contribution is 2.29. The molecule has 96 valence electrons. The summed E-state index contributed by atoms with van der Waals surface area (Å²) in [6.07, 6.45) is 0.774. The zero-order valence-electron chi connectivity index (χ0n) is 10.3. The maximum absolute atomic E-state index is 6.23. The molecule has 0 aliphatic carbocycles. The van der Waals surface area contributed by atoms with Gasteiger partial charge in [-0.15, -0.1) is 11.3 Å². The third-order valence-electron chi connectivity index (χ3n) is 2.99. The van der Waals surface area contributed by atoms with Crippen LogP contribution in [0.4, 0.5) is 0 Å². The van der Waals surface area contributed by atoms with E-state index in [-0.39, 0.29) is 6.04 Å². The Morgan fingerprint density at radius 1 is 1.17 bits per heavy atom. The number of benzene rings is 1. The SMILES string of the molecule is Cc1cc(C(N)Cc2ccc(Cl)c(Cl)c2)sc1C. The van der Waals surface area contributed by atoms with Crippen LogP contribution in [0.3, 0.4) is 0 Å². The lowest BCUT2D eigenvalue weighted by Gasteiger charge is -2.10. The van der Waals surface area contributed by atoms with Crippen molar-refractivity contribution in [3.8, 4) is 0 Å². The quantitative estimate of drug-likeness (QED) is 0.856. The van der Waals surface area contributed by atoms with Gasteiger partial charge in [0.25, 0.3) is 0 Å². The minimum Gasteiger partial charge on any atom is -0.323 e. The summed E-state index contributed by atoms with van der Waals surface area (Å²) in [5, 5.41) is 1.16. The van der Waals surface area contributed by atoms with Crippen molar-refractivity contribution in [3.05, 3.63) is 55.2 Å². The van der Waals surface area contributed by atoms with Crippen molar-refractivity contribution in [2.45, 2.75) is 26.3 Å². The maximum atomic E-state index is 6.23. The maximum Gasteiger partial charge on any atom is 0.0595 e. The molecule has 1 atom stereocenters. The smallest absolute Gasteiger partial charge is 0.0595 e. The Bertz CT molecular complexity index is 543. The van der Waals surface area contributed by atoms with Gasteiger partial charge in [-0.2, -0.15) is 0 Å². The average molecular weight is 300 g/mol. The first-order chi connectivity index (χ1) is 8.47. The van der Waals surface area contributed by atoms with Gasteiger partial charge in [0.15, 0.2) is 0 Å². The monoisotopic (exact) mass is 299 g/mol. The van der Waals surface area contributed by atoms with Crippen LogP contribution >= 0.6 is 34.5 Å². The number of hydrogen-bond donors (Lipinski definition) is 1. The van der Waals surface area contributed by atoms with E-state index in [2.05, 4.69) is 19.9 Å². The Morgan fingerprint density at radius 3 is 2.44 bits per heavy atom. The highest BCUT2D eigenvalue weighted by molar-refractivity contribution is 7.12. The van der Waals surface area contributed by atoms with Crippen molar-refractivity contribution in [1.29, 1.82) is 0 Å². The predicted molar refractivity (Wildman–Crippen MR) is 80.9 cm³/mol. The Labute approximate surface area is 122 Å². The molecule has 0 saturated heterocycles. The largest absolute Gasteiger partial charge is 0.323 e. The molecule has 2 N–H and O–H groups in total. The van der Waals surface area contributed by atoms with Gasteiger partial charge < -0.3 is 5.73 Å².